The third kappa shape index (κ3) is 13.3. The minimum absolute atomic E-state index is 0.283. The Morgan fingerprint density at radius 1 is 1.15 bits per heavy atom. The van der Waals surface area contributed by atoms with E-state index in [0.29, 0.717) is 5.88 Å². The van der Waals surface area contributed by atoms with Gasteiger partial charge in [-0.2, -0.15) is 0 Å². The lowest BCUT2D eigenvalue weighted by Gasteiger charge is -2.15. The zero-order valence-corrected chi connectivity index (χ0v) is 16.5. The summed E-state index contributed by atoms with van der Waals surface area (Å²) in [4.78, 5) is 0. The maximum absolute atomic E-state index is 5.66. The molecule has 0 saturated heterocycles. The minimum atomic E-state index is 0.283. The summed E-state index contributed by atoms with van der Waals surface area (Å²) in [7, 11) is 0. The first kappa shape index (κ1) is 22.6. The summed E-state index contributed by atoms with van der Waals surface area (Å²) >= 11 is 13.2. The average Bonchev–Trinajstić information content (AvgIpc) is 2.43. The Morgan fingerprint density at radius 2 is 1.60 bits per heavy atom. The van der Waals surface area contributed by atoms with E-state index < -0.39 is 0 Å². The van der Waals surface area contributed by atoms with Crippen molar-refractivity contribution in [1.29, 1.82) is 0 Å². The van der Waals surface area contributed by atoms with Gasteiger partial charge in [0.2, 0.25) is 0 Å². The molecule has 0 amide bonds. The summed E-state index contributed by atoms with van der Waals surface area (Å²) < 4.78 is 4.09. The molecule has 4 heteroatoms. The molecule has 1 N–H and O–H groups in total. The number of hydrogen-bond donors (Lipinski definition) is 2. The van der Waals surface area contributed by atoms with Gasteiger partial charge in [0.25, 0.3) is 0 Å². The first-order chi connectivity index (χ1) is 9.51. The van der Waals surface area contributed by atoms with Gasteiger partial charge in [-0.25, -0.2) is 0 Å². The van der Waals surface area contributed by atoms with Crippen LogP contribution in [0, 0.1) is 5.92 Å². The third-order valence-corrected chi connectivity index (χ3v) is 3.16. The topological polar surface area (TPSA) is 12.0 Å². The zero-order chi connectivity index (χ0) is 16.0. The number of alkyl halides is 1. The van der Waals surface area contributed by atoms with Crippen LogP contribution in [0.3, 0.4) is 0 Å². The van der Waals surface area contributed by atoms with E-state index in [2.05, 4.69) is 66.4 Å². The molecule has 118 valence electrons. The van der Waals surface area contributed by atoms with E-state index in [-0.39, 0.29) is 6.04 Å². The highest BCUT2D eigenvalue weighted by Gasteiger charge is 2.08. The summed E-state index contributed by atoms with van der Waals surface area (Å²) in [5.74, 6) is 1.53. The highest BCUT2D eigenvalue weighted by molar-refractivity contribution is 9.10. The van der Waals surface area contributed by atoms with Crippen LogP contribution in [0.5, 0.6) is 0 Å². The summed E-state index contributed by atoms with van der Waals surface area (Å²) in [6, 6.07) is 8.53. The fourth-order valence-corrected chi connectivity index (χ4v) is 1.98. The quantitative estimate of drug-likeness (QED) is 0.430. The lowest BCUT2D eigenvalue weighted by atomic mass is 10.0. The average molecular weight is 383 g/mol. The Morgan fingerprint density at radius 3 is 1.95 bits per heavy atom. The van der Waals surface area contributed by atoms with E-state index in [0.717, 1.165) is 23.2 Å². The molecule has 0 bridgehead atoms. The highest BCUT2D eigenvalue weighted by Crippen LogP contribution is 2.21. The molecule has 1 aromatic rings. The van der Waals surface area contributed by atoms with Crippen molar-refractivity contribution in [2.75, 3.05) is 5.88 Å². The third-order valence-electron chi connectivity index (χ3n) is 2.05. The van der Waals surface area contributed by atoms with E-state index in [1.165, 1.54) is 5.56 Å². The van der Waals surface area contributed by atoms with Crippen LogP contribution in [-0.4, -0.2) is 5.88 Å². The van der Waals surface area contributed by atoms with Crippen LogP contribution in [0.25, 0.3) is 0 Å². The van der Waals surface area contributed by atoms with Gasteiger partial charge in [-0.3, -0.25) is 4.72 Å². The normalized spacial score (nSPS) is 11.1. The van der Waals surface area contributed by atoms with Crippen LogP contribution < -0.4 is 4.72 Å². The monoisotopic (exact) mass is 381 g/mol. The van der Waals surface area contributed by atoms with Crippen LogP contribution in [0.1, 0.15) is 59.1 Å². The second-order valence-corrected chi connectivity index (χ2v) is 6.35. The molecular formula is C16H29BrClNS. The minimum Gasteiger partial charge on any atom is -0.259 e. The zero-order valence-electron chi connectivity index (χ0n) is 13.3. The molecule has 0 aliphatic heterocycles. The molecule has 0 aromatic heterocycles. The summed E-state index contributed by atoms with van der Waals surface area (Å²) in [6.07, 6.45) is 2.00. The van der Waals surface area contributed by atoms with Crippen molar-refractivity contribution < 1.29 is 0 Å². The maximum Gasteiger partial charge on any atom is 0.0419 e. The van der Waals surface area contributed by atoms with Gasteiger partial charge in [0, 0.05) is 16.4 Å². The van der Waals surface area contributed by atoms with Crippen LogP contribution in [0.2, 0.25) is 0 Å². The lowest BCUT2D eigenvalue weighted by molar-refractivity contribution is 0.607. The van der Waals surface area contributed by atoms with Crippen molar-refractivity contribution in [3.63, 3.8) is 0 Å². The van der Waals surface area contributed by atoms with E-state index >= 15 is 0 Å². The molecule has 0 aliphatic carbocycles. The molecule has 20 heavy (non-hydrogen) atoms. The Hall–Kier alpha value is 0.300. The summed E-state index contributed by atoms with van der Waals surface area (Å²) in [6.45, 7) is 10.5. The molecule has 1 rings (SSSR count). The summed E-state index contributed by atoms with van der Waals surface area (Å²) in [5, 5.41) is 0. The fraction of sp³-hybridized carbons (Fsp3) is 0.625. The molecule has 1 unspecified atom stereocenters. The predicted molar refractivity (Wildman–Crippen MR) is 101 cm³/mol. The van der Waals surface area contributed by atoms with Crippen molar-refractivity contribution in [2.45, 2.75) is 53.5 Å². The van der Waals surface area contributed by atoms with Crippen LogP contribution in [0.4, 0.5) is 0 Å². The fourth-order valence-electron chi connectivity index (χ4n) is 1.28. The van der Waals surface area contributed by atoms with Crippen molar-refractivity contribution in [3.8, 4) is 0 Å². The van der Waals surface area contributed by atoms with Gasteiger partial charge in [0.05, 0.1) is 0 Å². The van der Waals surface area contributed by atoms with Crippen LogP contribution in [0.15, 0.2) is 28.7 Å². The Balaban J connectivity index is 0. The Kier molecular flexibility index (Phi) is 17.7. The smallest absolute Gasteiger partial charge is 0.0419 e. The Labute approximate surface area is 144 Å². The predicted octanol–water partition coefficient (Wildman–Crippen LogP) is 6.63. The second kappa shape index (κ2) is 15.7. The number of nitrogens with one attached hydrogen (secondary N) is 1. The molecule has 0 radical (unpaired) electrons. The van der Waals surface area contributed by atoms with Gasteiger partial charge < -0.3 is 0 Å². The molecule has 0 fully saturated rings. The van der Waals surface area contributed by atoms with E-state index in [1.54, 1.807) is 0 Å². The van der Waals surface area contributed by atoms with E-state index in [9.17, 15) is 0 Å². The van der Waals surface area contributed by atoms with Crippen molar-refractivity contribution in [3.05, 3.63) is 34.3 Å². The summed E-state index contributed by atoms with van der Waals surface area (Å²) in [5.41, 5.74) is 1.24. The molecular weight excluding hydrogens is 354 g/mol. The standard InChI is InChI=1S/C10H13BrClNS.C4H10.C2H6/c11-9-5-3-8(4-6-9)10(13-14)2-1-7-12;1-4(2)3;1-2/h3-6,10,13-14H,1-2,7H2;4H,1-3H3;1-2H3. The van der Waals surface area contributed by atoms with Crippen molar-refractivity contribution in [1.82, 2.24) is 4.72 Å². The molecule has 0 saturated carbocycles. The van der Waals surface area contributed by atoms with E-state index in [4.69, 9.17) is 11.6 Å². The number of benzene rings is 1. The highest BCUT2D eigenvalue weighted by atomic mass is 79.9. The number of thiol groups is 1. The molecule has 0 aliphatic rings. The van der Waals surface area contributed by atoms with Crippen LogP contribution in [-0.2, 0) is 0 Å². The number of hydrogen-bond acceptors (Lipinski definition) is 2. The molecule has 1 nitrogen and oxygen atoms in total. The van der Waals surface area contributed by atoms with Gasteiger partial charge in [0.15, 0.2) is 0 Å². The van der Waals surface area contributed by atoms with Gasteiger partial charge in [-0.1, -0.05) is 75.5 Å². The SMILES string of the molecule is CC.CC(C)C.SNC(CCCCl)c1ccc(Br)cc1. The van der Waals surface area contributed by atoms with Gasteiger partial charge in [0.1, 0.15) is 0 Å². The molecule has 0 spiro atoms. The van der Waals surface area contributed by atoms with Crippen molar-refractivity contribution in [2.24, 2.45) is 5.92 Å². The van der Waals surface area contributed by atoms with Crippen LogP contribution >= 0.6 is 40.3 Å². The Bertz CT molecular complexity index is 301. The van der Waals surface area contributed by atoms with E-state index in [1.807, 2.05) is 26.0 Å². The van der Waals surface area contributed by atoms with Gasteiger partial charge >= 0.3 is 0 Å². The molecule has 0 heterocycles. The van der Waals surface area contributed by atoms with Gasteiger partial charge in [-0.05, 0) is 36.5 Å². The first-order valence-corrected chi connectivity index (χ1v) is 8.99. The molecule has 1 atom stereocenters. The second-order valence-electron chi connectivity index (χ2n) is 4.80. The maximum atomic E-state index is 5.66. The first-order valence-electron chi connectivity index (χ1n) is 7.22. The number of halogens is 2. The lowest BCUT2D eigenvalue weighted by Crippen LogP contribution is -2.11. The van der Waals surface area contributed by atoms with Gasteiger partial charge in [-0.15, -0.1) is 11.6 Å². The number of rotatable bonds is 5. The van der Waals surface area contributed by atoms with Crippen molar-refractivity contribution >= 4 is 40.3 Å². The largest absolute Gasteiger partial charge is 0.259 e. The molecule has 1 aromatic carbocycles.